The van der Waals surface area contributed by atoms with Crippen LogP contribution in [0, 0.1) is 11.7 Å². The van der Waals surface area contributed by atoms with E-state index in [0.29, 0.717) is 19.0 Å². The maximum atomic E-state index is 13.2. The minimum absolute atomic E-state index is 0.215. The molecule has 1 unspecified atom stereocenters. The van der Waals surface area contributed by atoms with Crippen LogP contribution >= 0.6 is 0 Å². The van der Waals surface area contributed by atoms with Gasteiger partial charge in [-0.2, -0.15) is 0 Å². The second kappa shape index (κ2) is 6.45. The lowest BCUT2D eigenvalue weighted by Gasteiger charge is -2.19. The Labute approximate surface area is 133 Å². The first-order valence-electron chi connectivity index (χ1n) is 7.61. The van der Waals surface area contributed by atoms with E-state index in [2.05, 4.69) is 10.3 Å². The molecule has 1 fully saturated rings. The molecule has 1 atom stereocenters. The minimum Gasteiger partial charge on any atom is -0.391 e. The average molecular weight is 318 g/mol. The molecular weight excluding hydrogens is 299 g/mol. The van der Waals surface area contributed by atoms with Crippen molar-refractivity contribution in [1.82, 2.24) is 19.9 Å². The van der Waals surface area contributed by atoms with Crippen LogP contribution in [-0.2, 0) is 6.54 Å². The third-order valence-electron chi connectivity index (χ3n) is 3.97. The molecule has 1 saturated carbocycles. The first-order valence-corrected chi connectivity index (χ1v) is 7.61. The van der Waals surface area contributed by atoms with Gasteiger partial charge in [0.15, 0.2) is 5.69 Å². The van der Waals surface area contributed by atoms with Crippen molar-refractivity contribution in [3.8, 4) is 0 Å². The Morgan fingerprint density at radius 3 is 3.00 bits per heavy atom. The van der Waals surface area contributed by atoms with Crippen molar-refractivity contribution < 1.29 is 14.3 Å². The molecule has 0 aliphatic heterocycles. The summed E-state index contributed by atoms with van der Waals surface area (Å²) in [5.41, 5.74) is 0.957. The molecule has 1 aliphatic rings. The first-order chi connectivity index (χ1) is 11.0. The molecule has 2 aromatic rings. The van der Waals surface area contributed by atoms with Crippen LogP contribution < -0.4 is 0 Å². The summed E-state index contributed by atoms with van der Waals surface area (Å²) in [6.45, 7) is 0.632. The number of benzene rings is 1. The van der Waals surface area contributed by atoms with E-state index in [9.17, 15) is 14.3 Å². The van der Waals surface area contributed by atoms with Crippen LogP contribution in [0.15, 0.2) is 30.5 Å². The molecule has 1 aromatic carbocycles. The molecule has 1 amide bonds. The van der Waals surface area contributed by atoms with Gasteiger partial charge in [-0.25, -0.2) is 9.07 Å². The van der Waals surface area contributed by atoms with Crippen molar-refractivity contribution in [3.63, 3.8) is 0 Å². The van der Waals surface area contributed by atoms with Gasteiger partial charge in [0.25, 0.3) is 5.91 Å². The van der Waals surface area contributed by atoms with Gasteiger partial charge >= 0.3 is 0 Å². The Morgan fingerprint density at radius 2 is 2.30 bits per heavy atom. The molecule has 1 aromatic heterocycles. The maximum absolute atomic E-state index is 13.2. The summed E-state index contributed by atoms with van der Waals surface area (Å²) in [6, 6.07) is 6.20. The lowest BCUT2D eigenvalue weighted by atomic mass is 10.2. The summed E-state index contributed by atoms with van der Waals surface area (Å²) >= 11 is 0. The zero-order valence-electron chi connectivity index (χ0n) is 12.9. The normalized spacial score (nSPS) is 15.4. The van der Waals surface area contributed by atoms with E-state index in [1.165, 1.54) is 27.9 Å². The predicted molar refractivity (Wildman–Crippen MR) is 81.2 cm³/mol. The number of aromatic nitrogens is 3. The van der Waals surface area contributed by atoms with Gasteiger partial charge in [-0.1, -0.05) is 17.3 Å². The Bertz CT molecular complexity index is 699. The van der Waals surface area contributed by atoms with E-state index < -0.39 is 6.10 Å². The fraction of sp³-hybridized carbons (Fsp3) is 0.438. The van der Waals surface area contributed by atoms with Crippen LogP contribution in [0.1, 0.15) is 28.9 Å². The Kier molecular flexibility index (Phi) is 4.38. The number of hydrogen-bond acceptors (Lipinski definition) is 4. The van der Waals surface area contributed by atoms with Gasteiger partial charge in [0.2, 0.25) is 0 Å². The SMILES string of the molecule is CN(CC(O)C1CC1)C(=O)c1cn(Cc2cccc(F)c2)nn1. The van der Waals surface area contributed by atoms with E-state index in [1.54, 1.807) is 19.2 Å². The van der Waals surface area contributed by atoms with Gasteiger partial charge < -0.3 is 10.0 Å². The minimum atomic E-state index is -0.480. The van der Waals surface area contributed by atoms with Crippen LogP contribution in [-0.4, -0.2) is 50.6 Å². The van der Waals surface area contributed by atoms with E-state index in [-0.39, 0.29) is 17.4 Å². The van der Waals surface area contributed by atoms with E-state index in [1.807, 2.05) is 0 Å². The first kappa shape index (κ1) is 15.6. The summed E-state index contributed by atoms with van der Waals surface area (Å²) in [6.07, 6.45) is 3.10. The quantitative estimate of drug-likeness (QED) is 0.872. The molecule has 6 nitrogen and oxygen atoms in total. The van der Waals surface area contributed by atoms with Crippen LogP contribution in [0.25, 0.3) is 0 Å². The second-order valence-electron chi connectivity index (χ2n) is 6.02. The van der Waals surface area contributed by atoms with Crippen LogP contribution in [0.4, 0.5) is 4.39 Å². The number of hydrogen-bond donors (Lipinski definition) is 1. The standard InChI is InChI=1S/C16H19FN4O2/c1-20(10-15(22)12-5-6-12)16(23)14-9-21(19-18-14)8-11-3-2-4-13(17)7-11/h2-4,7,9,12,15,22H,5-6,8,10H2,1H3. The predicted octanol–water partition coefficient (Wildman–Crippen LogP) is 1.31. The van der Waals surface area contributed by atoms with Crippen molar-refractivity contribution in [2.45, 2.75) is 25.5 Å². The summed E-state index contributed by atoms with van der Waals surface area (Å²) in [4.78, 5) is 13.7. The summed E-state index contributed by atoms with van der Waals surface area (Å²) in [7, 11) is 1.64. The average Bonchev–Trinajstić information content (AvgIpc) is 3.27. The Morgan fingerprint density at radius 1 is 1.52 bits per heavy atom. The van der Waals surface area contributed by atoms with Gasteiger partial charge in [0.05, 0.1) is 18.8 Å². The molecule has 1 N–H and O–H groups in total. The van der Waals surface area contributed by atoms with E-state index in [4.69, 9.17) is 0 Å². The number of aliphatic hydroxyl groups is 1. The summed E-state index contributed by atoms with van der Waals surface area (Å²) < 4.78 is 14.7. The van der Waals surface area contributed by atoms with E-state index in [0.717, 1.165) is 18.4 Å². The lowest BCUT2D eigenvalue weighted by molar-refractivity contribution is 0.0640. The zero-order valence-corrected chi connectivity index (χ0v) is 12.9. The maximum Gasteiger partial charge on any atom is 0.275 e. The monoisotopic (exact) mass is 318 g/mol. The van der Waals surface area contributed by atoms with Crippen molar-refractivity contribution in [3.05, 3.63) is 47.5 Å². The van der Waals surface area contributed by atoms with Crippen LogP contribution in [0.2, 0.25) is 0 Å². The molecule has 0 bridgehead atoms. The molecule has 0 spiro atoms. The molecule has 122 valence electrons. The number of nitrogens with zero attached hydrogens (tertiary/aromatic N) is 4. The number of aliphatic hydroxyl groups excluding tert-OH is 1. The molecule has 23 heavy (non-hydrogen) atoms. The van der Waals surface area contributed by atoms with Gasteiger partial charge in [-0.15, -0.1) is 5.10 Å². The summed E-state index contributed by atoms with van der Waals surface area (Å²) in [5.74, 6) is -0.281. The molecule has 1 aliphatic carbocycles. The largest absolute Gasteiger partial charge is 0.391 e. The smallest absolute Gasteiger partial charge is 0.275 e. The van der Waals surface area contributed by atoms with Gasteiger partial charge in [0, 0.05) is 13.6 Å². The van der Waals surface area contributed by atoms with Crippen molar-refractivity contribution in [1.29, 1.82) is 0 Å². The number of rotatable bonds is 6. The number of carbonyl (C=O) groups is 1. The second-order valence-corrected chi connectivity index (χ2v) is 6.02. The van der Waals surface area contributed by atoms with Crippen LogP contribution in [0.3, 0.4) is 0 Å². The molecule has 0 radical (unpaired) electrons. The van der Waals surface area contributed by atoms with Crippen LogP contribution in [0.5, 0.6) is 0 Å². The molecular formula is C16H19FN4O2. The Hall–Kier alpha value is -2.28. The highest BCUT2D eigenvalue weighted by Gasteiger charge is 2.31. The third kappa shape index (κ3) is 3.92. The van der Waals surface area contributed by atoms with Gasteiger partial charge in [-0.3, -0.25) is 4.79 Å². The molecule has 1 heterocycles. The van der Waals surface area contributed by atoms with Crippen molar-refractivity contribution in [2.24, 2.45) is 5.92 Å². The highest BCUT2D eigenvalue weighted by atomic mass is 19.1. The molecule has 3 rings (SSSR count). The topological polar surface area (TPSA) is 71.2 Å². The van der Waals surface area contributed by atoms with Gasteiger partial charge in [0.1, 0.15) is 5.82 Å². The number of amides is 1. The van der Waals surface area contributed by atoms with E-state index >= 15 is 0 Å². The fourth-order valence-electron chi connectivity index (χ4n) is 2.49. The van der Waals surface area contributed by atoms with Crippen molar-refractivity contribution >= 4 is 5.91 Å². The lowest BCUT2D eigenvalue weighted by Crippen LogP contribution is -2.35. The molecule has 7 heteroatoms. The van der Waals surface area contributed by atoms with Crippen molar-refractivity contribution in [2.75, 3.05) is 13.6 Å². The zero-order chi connectivity index (χ0) is 16.4. The number of likely N-dealkylation sites (N-methyl/N-ethyl adjacent to an activating group) is 1. The Balaban J connectivity index is 1.62. The van der Waals surface area contributed by atoms with Gasteiger partial charge in [-0.05, 0) is 36.5 Å². The number of carbonyl (C=O) groups excluding carboxylic acids is 1. The number of halogens is 1. The summed E-state index contributed by atoms with van der Waals surface area (Å²) in [5, 5.41) is 17.7. The third-order valence-corrected chi connectivity index (χ3v) is 3.97. The highest BCUT2D eigenvalue weighted by molar-refractivity contribution is 5.91. The molecule has 0 saturated heterocycles. The fourth-order valence-corrected chi connectivity index (χ4v) is 2.49. The highest BCUT2D eigenvalue weighted by Crippen LogP contribution is 2.32.